The van der Waals surface area contributed by atoms with Gasteiger partial charge in [0.15, 0.2) is 10.4 Å². The molecule has 0 aliphatic carbocycles. The topological polar surface area (TPSA) is 78.1 Å². The third kappa shape index (κ3) is 2.10. The molecule has 15 heavy (non-hydrogen) atoms. The van der Waals surface area contributed by atoms with Gasteiger partial charge in [-0.2, -0.15) is 4.98 Å². The molecule has 2 N–H and O–H groups in total. The number of hydrogen-bond donors (Lipinski definition) is 1. The smallest absolute Gasteiger partial charge is 0.243 e. The zero-order valence-corrected chi connectivity index (χ0v) is 9.69. The Kier molecular flexibility index (Phi) is 2.88. The van der Waals surface area contributed by atoms with E-state index < -0.39 is 0 Å². The first-order chi connectivity index (χ1) is 7.20. The van der Waals surface area contributed by atoms with Crippen molar-refractivity contribution in [2.45, 2.75) is 19.4 Å². The Morgan fingerprint density at radius 1 is 1.53 bits per heavy atom. The van der Waals surface area contributed by atoms with Crippen molar-refractivity contribution in [2.24, 2.45) is 5.73 Å². The van der Waals surface area contributed by atoms with Crippen LogP contribution in [-0.2, 0) is 0 Å². The van der Waals surface area contributed by atoms with Crippen LogP contribution in [0.2, 0.25) is 0 Å². The molecule has 0 amide bonds. The summed E-state index contributed by atoms with van der Waals surface area (Å²) in [6, 6.07) is 3.31. The Balaban J connectivity index is 2.27. The van der Waals surface area contributed by atoms with Crippen molar-refractivity contribution in [3.05, 3.63) is 22.7 Å². The molecule has 2 rings (SSSR count). The summed E-state index contributed by atoms with van der Waals surface area (Å²) in [5.74, 6) is 1.40. The minimum atomic E-state index is -0.218. The van der Waals surface area contributed by atoms with E-state index in [9.17, 15) is 0 Å². The summed E-state index contributed by atoms with van der Waals surface area (Å²) in [6.45, 7) is 1.96. The van der Waals surface area contributed by atoms with E-state index in [0.29, 0.717) is 22.1 Å². The molecule has 0 bridgehead atoms. The van der Waals surface area contributed by atoms with Crippen LogP contribution in [0.5, 0.6) is 0 Å². The number of nitrogens with two attached hydrogens (primary N) is 1. The molecule has 0 fully saturated rings. The average molecular weight is 272 g/mol. The first kappa shape index (κ1) is 10.4. The molecule has 0 aromatic carbocycles. The summed E-state index contributed by atoms with van der Waals surface area (Å²) in [7, 11) is 0. The maximum atomic E-state index is 5.75. The minimum absolute atomic E-state index is 0.218. The van der Waals surface area contributed by atoms with Gasteiger partial charge in [0.05, 0.1) is 6.04 Å². The van der Waals surface area contributed by atoms with Crippen molar-refractivity contribution in [1.82, 2.24) is 10.1 Å². The lowest BCUT2D eigenvalue weighted by Crippen LogP contribution is -2.08. The standard InChI is InChI=1S/C9H10BrN3O2/c1-2-5(11)9-12-8(13-15-9)6-3-4-7(10)14-6/h3-5H,2,11H2,1H3/t5-/m0/s1. The van der Waals surface area contributed by atoms with Crippen LogP contribution in [0, 0.1) is 0 Å². The van der Waals surface area contributed by atoms with E-state index in [1.807, 2.05) is 6.92 Å². The van der Waals surface area contributed by atoms with Gasteiger partial charge in [0.2, 0.25) is 11.7 Å². The van der Waals surface area contributed by atoms with Crippen LogP contribution in [0.4, 0.5) is 0 Å². The molecule has 2 heterocycles. The quantitative estimate of drug-likeness (QED) is 0.928. The largest absolute Gasteiger partial charge is 0.446 e. The van der Waals surface area contributed by atoms with Gasteiger partial charge in [-0.25, -0.2) is 0 Å². The molecule has 6 heteroatoms. The van der Waals surface area contributed by atoms with Crippen LogP contribution >= 0.6 is 15.9 Å². The normalized spacial score (nSPS) is 13.0. The highest BCUT2D eigenvalue weighted by Gasteiger charge is 2.15. The minimum Gasteiger partial charge on any atom is -0.446 e. The molecule has 0 aliphatic heterocycles. The predicted molar refractivity (Wildman–Crippen MR) is 56.9 cm³/mol. The zero-order valence-electron chi connectivity index (χ0n) is 8.11. The number of furan rings is 1. The average Bonchev–Trinajstić information content (AvgIpc) is 2.84. The van der Waals surface area contributed by atoms with Crippen molar-refractivity contribution in [3.8, 4) is 11.6 Å². The fraction of sp³-hybridized carbons (Fsp3) is 0.333. The summed E-state index contributed by atoms with van der Waals surface area (Å²) in [4.78, 5) is 4.15. The lowest BCUT2D eigenvalue weighted by Gasteiger charge is -1.98. The first-order valence-corrected chi connectivity index (χ1v) is 5.35. The lowest BCUT2D eigenvalue weighted by atomic mass is 10.2. The van der Waals surface area contributed by atoms with Gasteiger partial charge in [-0.15, -0.1) is 0 Å². The summed E-state index contributed by atoms with van der Waals surface area (Å²) in [5, 5.41) is 3.79. The van der Waals surface area contributed by atoms with E-state index in [1.165, 1.54) is 0 Å². The maximum Gasteiger partial charge on any atom is 0.243 e. The van der Waals surface area contributed by atoms with Crippen LogP contribution in [0.3, 0.4) is 0 Å². The highest BCUT2D eigenvalue weighted by atomic mass is 79.9. The number of rotatable bonds is 3. The van der Waals surface area contributed by atoms with E-state index in [2.05, 4.69) is 26.1 Å². The Bertz CT molecular complexity index is 452. The van der Waals surface area contributed by atoms with E-state index in [-0.39, 0.29) is 6.04 Å². The molecule has 5 nitrogen and oxygen atoms in total. The number of aromatic nitrogens is 2. The zero-order chi connectivity index (χ0) is 10.8. The molecule has 0 aliphatic rings. The summed E-state index contributed by atoms with van der Waals surface area (Å²) >= 11 is 3.20. The molecule has 2 aromatic heterocycles. The van der Waals surface area contributed by atoms with E-state index in [0.717, 1.165) is 6.42 Å². The van der Waals surface area contributed by atoms with Crippen LogP contribution in [-0.4, -0.2) is 10.1 Å². The molecule has 0 spiro atoms. The summed E-state index contributed by atoms with van der Waals surface area (Å²) < 4.78 is 10.9. The molecule has 0 saturated heterocycles. The first-order valence-electron chi connectivity index (χ1n) is 4.55. The van der Waals surface area contributed by atoms with Crippen LogP contribution in [0.15, 0.2) is 25.7 Å². The molecule has 0 unspecified atom stereocenters. The SMILES string of the molecule is CC[C@H](N)c1nc(-c2ccc(Br)o2)no1. The monoisotopic (exact) mass is 271 g/mol. The Hall–Kier alpha value is -1.14. The Morgan fingerprint density at radius 2 is 2.33 bits per heavy atom. The van der Waals surface area contributed by atoms with Crippen molar-refractivity contribution in [3.63, 3.8) is 0 Å². The van der Waals surface area contributed by atoms with Crippen molar-refractivity contribution in [2.75, 3.05) is 0 Å². The van der Waals surface area contributed by atoms with Gasteiger partial charge in [-0.3, -0.25) is 0 Å². The third-order valence-electron chi connectivity index (χ3n) is 1.99. The van der Waals surface area contributed by atoms with Crippen LogP contribution < -0.4 is 5.73 Å². The van der Waals surface area contributed by atoms with Gasteiger partial charge >= 0.3 is 0 Å². The van der Waals surface area contributed by atoms with Gasteiger partial charge in [0.1, 0.15) is 0 Å². The lowest BCUT2D eigenvalue weighted by molar-refractivity contribution is 0.351. The second kappa shape index (κ2) is 4.16. The Morgan fingerprint density at radius 3 is 2.93 bits per heavy atom. The molecular weight excluding hydrogens is 262 g/mol. The number of nitrogens with zero attached hydrogens (tertiary/aromatic N) is 2. The van der Waals surface area contributed by atoms with Crippen molar-refractivity contribution < 1.29 is 8.94 Å². The molecular formula is C9H10BrN3O2. The van der Waals surface area contributed by atoms with Gasteiger partial charge < -0.3 is 14.7 Å². The summed E-state index contributed by atoms with van der Waals surface area (Å²) in [5.41, 5.74) is 5.75. The highest BCUT2D eigenvalue weighted by molar-refractivity contribution is 9.10. The van der Waals surface area contributed by atoms with Crippen molar-refractivity contribution >= 4 is 15.9 Å². The third-order valence-corrected chi connectivity index (χ3v) is 2.42. The fourth-order valence-electron chi connectivity index (χ4n) is 1.09. The Labute approximate surface area is 94.8 Å². The fourth-order valence-corrected chi connectivity index (χ4v) is 1.40. The summed E-state index contributed by atoms with van der Waals surface area (Å²) in [6.07, 6.45) is 0.753. The van der Waals surface area contributed by atoms with Gasteiger partial charge in [-0.1, -0.05) is 12.1 Å². The predicted octanol–water partition coefficient (Wildman–Crippen LogP) is 2.50. The molecule has 80 valence electrons. The van der Waals surface area contributed by atoms with Crippen LogP contribution in [0.1, 0.15) is 25.3 Å². The number of hydrogen-bond acceptors (Lipinski definition) is 5. The maximum absolute atomic E-state index is 5.75. The molecule has 0 radical (unpaired) electrons. The second-order valence-electron chi connectivity index (χ2n) is 3.07. The van der Waals surface area contributed by atoms with E-state index in [4.69, 9.17) is 14.7 Å². The molecule has 1 atom stereocenters. The van der Waals surface area contributed by atoms with Gasteiger partial charge in [0.25, 0.3) is 0 Å². The second-order valence-corrected chi connectivity index (χ2v) is 3.86. The van der Waals surface area contributed by atoms with E-state index >= 15 is 0 Å². The van der Waals surface area contributed by atoms with Gasteiger partial charge in [-0.05, 0) is 34.5 Å². The molecule has 2 aromatic rings. The van der Waals surface area contributed by atoms with Crippen LogP contribution in [0.25, 0.3) is 11.6 Å². The van der Waals surface area contributed by atoms with E-state index in [1.54, 1.807) is 12.1 Å². The van der Waals surface area contributed by atoms with Gasteiger partial charge in [0, 0.05) is 0 Å². The molecule has 0 saturated carbocycles. The van der Waals surface area contributed by atoms with Crippen molar-refractivity contribution in [1.29, 1.82) is 0 Å². The number of halogens is 1. The highest BCUT2D eigenvalue weighted by Crippen LogP contribution is 2.23.